The molecule has 2 N–H and O–H groups in total. The minimum absolute atomic E-state index is 0.126. The average Bonchev–Trinajstić information content (AvgIpc) is 3.85. The Hall–Kier alpha value is -4.58. The molecule has 2 saturated heterocycles. The number of H-pyrrole nitrogens is 1. The molecule has 6 rings (SSSR count). The Morgan fingerprint density at radius 2 is 1.93 bits per heavy atom. The van der Waals surface area contributed by atoms with E-state index in [1.807, 2.05) is 30.3 Å². The molecule has 3 aliphatic rings. The van der Waals surface area contributed by atoms with Crippen LogP contribution in [0.15, 0.2) is 48.5 Å². The highest BCUT2D eigenvalue weighted by atomic mass is 16.6. The minimum Gasteiger partial charge on any atom is -0.496 e. The molecule has 12 nitrogen and oxygen atoms in total. The molecule has 1 aliphatic carbocycles. The van der Waals surface area contributed by atoms with Crippen molar-refractivity contribution >= 4 is 24.1 Å². The fourth-order valence-corrected chi connectivity index (χ4v) is 5.88. The van der Waals surface area contributed by atoms with E-state index >= 15 is 0 Å². The third-order valence-corrected chi connectivity index (χ3v) is 8.12. The van der Waals surface area contributed by atoms with Gasteiger partial charge < -0.3 is 33.9 Å². The molecule has 3 fully saturated rings. The third-order valence-electron chi connectivity index (χ3n) is 8.12. The van der Waals surface area contributed by atoms with E-state index < -0.39 is 5.91 Å². The number of morpholine rings is 1. The van der Waals surface area contributed by atoms with Crippen LogP contribution in [0.5, 0.6) is 17.2 Å². The fraction of sp³-hybridized carbons (Fsp3) is 0.419. The fourth-order valence-electron chi connectivity index (χ4n) is 5.88. The molecule has 1 aromatic heterocycles. The zero-order valence-corrected chi connectivity index (χ0v) is 23.8. The SMILES string of the molecule is COc1cc(OCC(=O)Nc2cc([C@H]3CC[C@@H](OC(=O)N4C[C@H]5C[C@@H]4CO5)C3)[nH]n2)c(C=O)c(OCc2ccccc2)c1. The number of benzene rings is 2. The van der Waals surface area contributed by atoms with Gasteiger partial charge in [0.25, 0.3) is 5.91 Å². The molecule has 1 saturated carbocycles. The Bertz CT molecular complexity index is 1460. The zero-order chi connectivity index (χ0) is 29.8. The van der Waals surface area contributed by atoms with Crippen LogP contribution in [0.3, 0.4) is 0 Å². The minimum atomic E-state index is -0.452. The molecule has 2 amide bonds. The highest BCUT2D eigenvalue weighted by Crippen LogP contribution is 2.37. The van der Waals surface area contributed by atoms with Crippen LogP contribution < -0.4 is 19.5 Å². The van der Waals surface area contributed by atoms with Crippen molar-refractivity contribution in [2.45, 2.75) is 56.5 Å². The topological polar surface area (TPSA) is 141 Å². The lowest BCUT2D eigenvalue weighted by molar-refractivity contribution is -0.118. The second kappa shape index (κ2) is 12.7. The van der Waals surface area contributed by atoms with Gasteiger partial charge in [0.1, 0.15) is 30.0 Å². The Morgan fingerprint density at radius 3 is 2.65 bits per heavy atom. The zero-order valence-electron chi connectivity index (χ0n) is 23.8. The van der Waals surface area contributed by atoms with E-state index in [9.17, 15) is 14.4 Å². The monoisotopic (exact) mass is 590 g/mol. The van der Waals surface area contributed by atoms with Gasteiger partial charge in [0.05, 0.1) is 38.0 Å². The number of aromatic amines is 1. The van der Waals surface area contributed by atoms with Gasteiger partial charge in [0.2, 0.25) is 0 Å². The summed E-state index contributed by atoms with van der Waals surface area (Å²) in [6.07, 6.45) is 3.51. The summed E-state index contributed by atoms with van der Waals surface area (Å²) in [7, 11) is 1.49. The number of hydrogen-bond donors (Lipinski definition) is 2. The summed E-state index contributed by atoms with van der Waals surface area (Å²) < 4.78 is 28.3. The second-order valence-corrected chi connectivity index (χ2v) is 11.0. The normalized spacial score (nSPS) is 22.3. The van der Waals surface area contributed by atoms with Crippen LogP contribution in [-0.2, 0) is 20.9 Å². The maximum Gasteiger partial charge on any atom is 0.410 e. The highest BCUT2D eigenvalue weighted by molar-refractivity contribution is 5.91. The summed E-state index contributed by atoms with van der Waals surface area (Å²) >= 11 is 0. The van der Waals surface area contributed by atoms with Crippen molar-refractivity contribution < 1.29 is 38.1 Å². The lowest BCUT2D eigenvalue weighted by atomic mass is 10.0. The van der Waals surface area contributed by atoms with Crippen LogP contribution in [0.2, 0.25) is 0 Å². The van der Waals surface area contributed by atoms with Gasteiger partial charge >= 0.3 is 6.09 Å². The number of likely N-dealkylation sites (tertiary alicyclic amines) is 1. The first-order chi connectivity index (χ1) is 21.0. The predicted octanol–water partition coefficient (Wildman–Crippen LogP) is 4.07. The number of amides is 2. The number of nitrogens with zero attached hydrogens (tertiary/aromatic N) is 2. The Labute approximate surface area is 248 Å². The van der Waals surface area contributed by atoms with E-state index in [1.54, 1.807) is 17.0 Å². The van der Waals surface area contributed by atoms with E-state index in [1.165, 1.54) is 13.2 Å². The Balaban J connectivity index is 1.01. The number of rotatable bonds is 11. The molecule has 226 valence electrons. The van der Waals surface area contributed by atoms with Crippen molar-refractivity contribution in [3.63, 3.8) is 0 Å². The molecule has 4 atom stereocenters. The van der Waals surface area contributed by atoms with Gasteiger partial charge in [-0.3, -0.25) is 14.7 Å². The molecule has 2 aromatic carbocycles. The van der Waals surface area contributed by atoms with Gasteiger partial charge in [-0.2, -0.15) is 5.10 Å². The number of carbonyl (C=O) groups is 3. The number of hydrogen-bond acceptors (Lipinski definition) is 9. The van der Waals surface area contributed by atoms with E-state index in [2.05, 4.69) is 15.5 Å². The number of methoxy groups -OCH3 is 1. The van der Waals surface area contributed by atoms with Crippen molar-refractivity contribution in [2.24, 2.45) is 0 Å². The number of ether oxygens (including phenoxy) is 5. The van der Waals surface area contributed by atoms with Gasteiger partial charge in [0, 0.05) is 29.8 Å². The summed E-state index contributed by atoms with van der Waals surface area (Å²) in [5.41, 5.74) is 1.97. The standard InChI is InChI=1S/C31H34N4O8/c1-39-23-11-27(41-16-19-5-3-2-4-6-19)25(15-36)28(12-23)42-18-30(37)32-29-13-26(33-34-29)20-7-8-22(9-20)43-31(38)35-14-24-10-21(35)17-40-24/h2-6,11-13,15,20-22,24H,7-10,14,16-18H2,1H3,(H2,32,33,34,37)/t20-,21+,22+,24+/m0/s1. The second-order valence-electron chi connectivity index (χ2n) is 11.0. The molecule has 2 aliphatic heterocycles. The van der Waals surface area contributed by atoms with Gasteiger partial charge in [-0.05, 0) is 31.2 Å². The van der Waals surface area contributed by atoms with Crippen molar-refractivity contribution in [1.82, 2.24) is 15.1 Å². The average molecular weight is 591 g/mol. The van der Waals surface area contributed by atoms with Gasteiger partial charge in [0.15, 0.2) is 18.7 Å². The summed E-state index contributed by atoms with van der Waals surface area (Å²) in [5, 5.41) is 9.93. The van der Waals surface area contributed by atoms with E-state index in [4.69, 9.17) is 23.7 Å². The van der Waals surface area contributed by atoms with Crippen molar-refractivity contribution in [2.75, 3.05) is 32.2 Å². The van der Waals surface area contributed by atoms with Crippen LogP contribution in [0.1, 0.15) is 53.2 Å². The summed E-state index contributed by atoms with van der Waals surface area (Å²) in [4.78, 5) is 39.1. The van der Waals surface area contributed by atoms with Crippen LogP contribution in [0.4, 0.5) is 10.6 Å². The molecule has 0 unspecified atom stereocenters. The molecule has 3 heterocycles. The van der Waals surface area contributed by atoms with E-state index in [-0.39, 0.29) is 60.5 Å². The maximum atomic E-state index is 12.7. The smallest absolute Gasteiger partial charge is 0.410 e. The molecule has 3 aromatic rings. The molecule has 0 radical (unpaired) electrons. The number of anilines is 1. The van der Waals surface area contributed by atoms with E-state index in [0.717, 1.165) is 30.5 Å². The molecular formula is C31H34N4O8. The highest BCUT2D eigenvalue weighted by Gasteiger charge is 2.43. The Kier molecular flexibility index (Phi) is 8.45. The largest absolute Gasteiger partial charge is 0.496 e. The first kappa shape index (κ1) is 28.5. The van der Waals surface area contributed by atoms with Gasteiger partial charge in [-0.1, -0.05) is 30.3 Å². The molecule has 43 heavy (non-hydrogen) atoms. The summed E-state index contributed by atoms with van der Waals surface area (Å²) in [6.45, 7) is 1.07. The summed E-state index contributed by atoms with van der Waals surface area (Å²) in [5.74, 6) is 0.899. The first-order valence-electron chi connectivity index (χ1n) is 14.4. The number of aromatic nitrogens is 2. The van der Waals surface area contributed by atoms with Crippen molar-refractivity contribution in [1.29, 1.82) is 0 Å². The number of aldehydes is 1. The van der Waals surface area contributed by atoms with Crippen molar-refractivity contribution in [3.8, 4) is 17.2 Å². The van der Waals surface area contributed by atoms with Crippen LogP contribution in [0, 0.1) is 0 Å². The molecular weight excluding hydrogens is 556 g/mol. The quantitative estimate of drug-likeness (QED) is 0.316. The third kappa shape index (κ3) is 6.59. The van der Waals surface area contributed by atoms with Gasteiger partial charge in [-0.15, -0.1) is 0 Å². The van der Waals surface area contributed by atoms with E-state index in [0.29, 0.717) is 37.4 Å². The predicted molar refractivity (Wildman–Crippen MR) is 154 cm³/mol. The summed E-state index contributed by atoms with van der Waals surface area (Å²) in [6, 6.07) is 14.6. The van der Waals surface area contributed by atoms with Gasteiger partial charge in [-0.25, -0.2) is 4.79 Å². The first-order valence-corrected chi connectivity index (χ1v) is 14.4. The van der Waals surface area contributed by atoms with Crippen molar-refractivity contribution in [3.05, 3.63) is 65.4 Å². The number of nitrogens with one attached hydrogen (secondary N) is 2. The van der Waals surface area contributed by atoms with Crippen LogP contribution >= 0.6 is 0 Å². The maximum absolute atomic E-state index is 12.7. The van der Waals surface area contributed by atoms with Crippen LogP contribution in [-0.4, -0.2) is 78.5 Å². The lowest BCUT2D eigenvalue weighted by Crippen LogP contribution is -2.42. The lowest BCUT2D eigenvalue weighted by Gasteiger charge is -2.27. The molecule has 0 spiro atoms. The Morgan fingerprint density at radius 1 is 1.12 bits per heavy atom. The number of fused-ring (bicyclic) bond motifs is 2. The molecule has 12 heteroatoms. The van der Waals surface area contributed by atoms with Crippen LogP contribution in [0.25, 0.3) is 0 Å². The molecule has 2 bridgehead atoms. The number of carbonyl (C=O) groups excluding carboxylic acids is 3.